The van der Waals surface area contributed by atoms with Crippen LogP contribution in [0.4, 0.5) is 0 Å². The number of rotatable bonds is 6. The van der Waals surface area contributed by atoms with Crippen molar-refractivity contribution in [2.75, 3.05) is 6.54 Å². The molecule has 2 aromatic heterocycles. The van der Waals surface area contributed by atoms with Crippen LogP contribution in [-0.2, 0) is 13.1 Å². The van der Waals surface area contributed by atoms with Crippen molar-refractivity contribution in [2.45, 2.75) is 44.8 Å². The van der Waals surface area contributed by atoms with Gasteiger partial charge in [0.25, 0.3) is 5.91 Å². The second-order valence-corrected chi connectivity index (χ2v) is 7.11. The third-order valence-electron chi connectivity index (χ3n) is 5.22. The largest absolute Gasteiger partial charge is 0.336 e. The van der Waals surface area contributed by atoms with Gasteiger partial charge >= 0.3 is 0 Å². The van der Waals surface area contributed by atoms with Crippen LogP contribution in [0.5, 0.6) is 0 Å². The van der Waals surface area contributed by atoms with E-state index in [-0.39, 0.29) is 11.9 Å². The number of hydrogen-bond donors (Lipinski definition) is 0. The fourth-order valence-corrected chi connectivity index (χ4v) is 3.83. The fraction of sp³-hybridized carbons (Fsp3) is 0.381. The first-order chi connectivity index (χ1) is 13.3. The van der Waals surface area contributed by atoms with Crippen molar-refractivity contribution >= 4 is 5.91 Å². The van der Waals surface area contributed by atoms with Gasteiger partial charge in [0.2, 0.25) is 0 Å². The van der Waals surface area contributed by atoms with Crippen LogP contribution in [0.15, 0.2) is 61.2 Å². The summed E-state index contributed by atoms with van der Waals surface area (Å²) >= 11 is 0. The molecule has 1 aliphatic rings. The molecule has 1 atom stereocenters. The first-order valence-electron chi connectivity index (χ1n) is 9.64. The summed E-state index contributed by atoms with van der Waals surface area (Å²) in [6.07, 6.45) is 11.8. The van der Waals surface area contributed by atoms with Gasteiger partial charge in [-0.25, -0.2) is 0 Å². The number of aromatic nitrogens is 4. The minimum absolute atomic E-state index is 0.141. The van der Waals surface area contributed by atoms with Crippen LogP contribution in [0, 0.1) is 0 Å². The number of nitrogens with zero attached hydrogens (tertiary/aromatic N) is 5. The maximum atomic E-state index is 13.2. The standard InChI is InChI=1S/C21H25N5O/c27-21(19-7-3-6-18(16-19)17-25-13-5-11-23-25)26-14-2-1-8-20(26)9-15-24-12-4-10-22-24/h3-7,10-13,16,20H,1-2,8-9,14-15,17H2. The van der Waals surface area contributed by atoms with Crippen LogP contribution in [0.25, 0.3) is 0 Å². The highest BCUT2D eigenvalue weighted by molar-refractivity contribution is 5.94. The summed E-state index contributed by atoms with van der Waals surface area (Å²) in [7, 11) is 0. The molecule has 6 nitrogen and oxygen atoms in total. The highest BCUT2D eigenvalue weighted by atomic mass is 16.2. The molecule has 1 unspecified atom stereocenters. The lowest BCUT2D eigenvalue weighted by atomic mass is 9.97. The van der Waals surface area contributed by atoms with Gasteiger partial charge in [-0.2, -0.15) is 10.2 Å². The maximum Gasteiger partial charge on any atom is 0.254 e. The summed E-state index contributed by atoms with van der Waals surface area (Å²) < 4.78 is 3.82. The average molecular weight is 363 g/mol. The van der Waals surface area contributed by atoms with Crippen molar-refractivity contribution < 1.29 is 4.79 Å². The van der Waals surface area contributed by atoms with Gasteiger partial charge in [-0.3, -0.25) is 14.2 Å². The lowest BCUT2D eigenvalue weighted by molar-refractivity contribution is 0.0594. The molecule has 1 aromatic carbocycles. The summed E-state index contributed by atoms with van der Waals surface area (Å²) in [6.45, 7) is 2.36. The molecule has 3 aromatic rings. The first kappa shape index (κ1) is 17.5. The van der Waals surface area contributed by atoms with E-state index in [9.17, 15) is 4.79 Å². The molecule has 1 aliphatic heterocycles. The van der Waals surface area contributed by atoms with Crippen LogP contribution in [0.1, 0.15) is 41.6 Å². The molecule has 0 spiro atoms. The summed E-state index contributed by atoms with van der Waals surface area (Å²) in [5.41, 5.74) is 1.86. The Morgan fingerprint density at radius 3 is 2.63 bits per heavy atom. The van der Waals surface area contributed by atoms with Crippen molar-refractivity contribution in [3.63, 3.8) is 0 Å². The molecule has 0 radical (unpaired) electrons. The van der Waals surface area contributed by atoms with E-state index in [4.69, 9.17) is 0 Å². The Labute approximate surface area is 159 Å². The number of likely N-dealkylation sites (tertiary alicyclic amines) is 1. The van der Waals surface area contributed by atoms with Crippen molar-refractivity contribution in [3.8, 4) is 0 Å². The van der Waals surface area contributed by atoms with Crippen molar-refractivity contribution in [3.05, 3.63) is 72.3 Å². The predicted molar refractivity (Wildman–Crippen MR) is 103 cm³/mol. The Morgan fingerprint density at radius 1 is 1.04 bits per heavy atom. The Morgan fingerprint density at radius 2 is 1.85 bits per heavy atom. The van der Waals surface area contributed by atoms with Crippen LogP contribution in [-0.4, -0.2) is 43.0 Å². The number of piperidine rings is 1. The van der Waals surface area contributed by atoms with E-state index in [1.807, 2.05) is 58.2 Å². The molecule has 1 saturated heterocycles. The van der Waals surface area contributed by atoms with Crippen LogP contribution < -0.4 is 0 Å². The topological polar surface area (TPSA) is 56.0 Å². The number of carbonyl (C=O) groups excluding carboxylic acids is 1. The highest BCUT2D eigenvalue weighted by Crippen LogP contribution is 2.23. The average Bonchev–Trinajstić information content (AvgIpc) is 3.40. The van der Waals surface area contributed by atoms with Gasteiger partial charge in [-0.05, 0) is 55.5 Å². The van der Waals surface area contributed by atoms with Gasteiger partial charge in [0.05, 0.1) is 6.54 Å². The zero-order chi connectivity index (χ0) is 18.5. The second kappa shape index (κ2) is 8.20. The van der Waals surface area contributed by atoms with Crippen molar-refractivity contribution in [2.24, 2.45) is 0 Å². The third-order valence-corrected chi connectivity index (χ3v) is 5.22. The summed E-state index contributed by atoms with van der Waals surface area (Å²) in [4.78, 5) is 15.3. The number of amides is 1. The molecule has 1 amide bonds. The van der Waals surface area contributed by atoms with Crippen molar-refractivity contribution in [1.82, 2.24) is 24.5 Å². The molecule has 0 bridgehead atoms. The van der Waals surface area contributed by atoms with Gasteiger partial charge in [-0.1, -0.05) is 12.1 Å². The monoisotopic (exact) mass is 363 g/mol. The smallest absolute Gasteiger partial charge is 0.254 e. The van der Waals surface area contributed by atoms with Gasteiger partial charge in [0, 0.05) is 49.5 Å². The Hall–Kier alpha value is -2.89. The predicted octanol–water partition coefficient (Wildman–Crippen LogP) is 3.21. The molecule has 1 fully saturated rings. The van der Waals surface area contributed by atoms with E-state index in [1.165, 1.54) is 6.42 Å². The lowest BCUT2D eigenvalue weighted by Crippen LogP contribution is -2.44. The lowest BCUT2D eigenvalue weighted by Gasteiger charge is -2.36. The Bertz CT molecular complexity index is 857. The van der Waals surface area contributed by atoms with Crippen LogP contribution in [0.3, 0.4) is 0 Å². The zero-order valence-electron chi connectivity index (χ0n) is 15.4. The molecule has 0 aliphatic carbocycles. The molecule has 0 saturated carbocycles. The molecule has 4 rings (SSSR count). The molecule has 3 heterocycles. The van der Waals surface area contributed by atoms with E-state index in [2.05, 4.69) is 15.1 Å². The summed E-state index contributed by atoms with van der Waals surface area (Å²) in [5.74, 6) is 0.141. The Kier molecular flexibility index (Phi) is 5.32. The van der Waals surface area contributed by atoms with Crippen LogP contribution in [0.2, 0.25) is 0 Å². The van der Waals surface area contributed by atoms with Crippen molar-refractivity contribution in [1.29, 1.82) is 0 Å². The normalized spacial score (nSPS) is 17.2. The number of hydrogen-bond acceptors (Lipinski definition) is 3. The first-order valence-corrected chi connectivity index (χ1v) is 9.64. The van der Waals surface area contributed by atoms with Crippen LogP contribution >= 0.6 is 0 Å². The molecule has 0 N–H and O–H groups in total. The number of carbonyl (C=O) groups is 1. The summed E-state index contributed by atoms with van der Waals surface area (Å²) in [6, 6.07) is 12.1. The minimum Gasteiger partial charge on any atom is -0.336 e. The highest BCUT2D eigenvalue weighted by Gasteiger charge is 2.27. The Balaban J connectivity index is 1.46. The molecule has 27 heavy (non-hydrogen) atoms. The molecule has 140 valence electrons. The SMILES string of the molecule is O=C(c1cccc(Cn2cccn2)c1)N1CCCCC1CCn1cccn1. The van der Waals surface area contributed by atoms with E-state index in [0.29, 0.717) is 6.54 Å². The number of benzene rings is 1. The quantitative estimate of drug-likeness (QED) is 0.676. The zero-order valence-corrected chi connectivity index (χ0v) is 15.4. The molecular formula is C21H25N5O. The van der Waals surface area contributed by atoms with Gasteiger partial charge < -0.3 is 4.90 Å². The second-order valence-electron chi connectivity index (χ2n) is 7.11. The van der Waals surface area contributed by atoms with Gasteiger partial charge in [0.1, 0.15) is 0 Å². The minimum atomic E-state index is 0.141. The van der Waals surface area contributed by atoms with E-state index >= 15 is 0 Å². The van der Waals surface area contributed by atoms with Gasteiger partial charge in [-0.15, -0.1) is 0 Å². The fourth-order valence-electron chi connectivity index (χ4n) is 3.83. The van der Waals surface area contributed by atoms with E-state index in [1.54, 1.807) is 12.4 Å². The molecular weight excluding hydrogens is 338 g/mol. The van der Waals surface area contributed by atoms with Gasteiger partial charge in [0.15, 0.2) is 0 Å². The summed E-state index contributed by atoms with van der Waals surface area (Å²) in [5, 5.41) is 8.53. The number of aryl methyl sites for hydroxylation is 1. The van der Waals surface area contributed by atoms with E-state index in [0.717, 1.165) is 43.5 Å². The molecule has 6 heteroatoms. The third kappa shape index (κ3) is 4.27. The van der Waals surface area contributed by atoms with E-state index < -0.39 is 0 Å². The maximum absolute atomic E-state index is 13.2.